The minimum atomic E-state index is -0.951. The minimum absolute atomic E-state index is 0.0788. The summed E-state index contributed by atoms with van der Waals surface area (Å²) < 4.78 is 16.2. The fraction of sp³-hybridized carbons (Fsp3) is 0.217. The smallest absolute Gasteiger partial charge is 0.310 e. The quantitative estimate of drug-likeness (QED) is 0.470. The average Bonchev–Trinajstić information content (AvgIpc) is 3.50. The molecule has 3 atom stereocenters. The maximum Gasteiger partial charge on any atom is 0.310 e. The van der Waals surface area contributed by atoms with Crippen LogP contribution >= 0.6 is 0 Å². The van der Waals surface area contributed by atoms with Gasteiger partial charge in [0, 0.05) is 5.56 Å². The third-order valence-electron chi connectivity index (χ3n) is 4.82. The van der Waals surface area contributed by atoms with Crippen molar-refractivity contribution in [1.82, 2.24) is 0 Å². The molecule has 1 fully saturated rings. The second kappa shape index (κ2) is 7.71. The molecule has 0 aromatic heterocycles. The number of rotatable bonds is 6. The Morgan fingerprint density at radius 1 is 1.11 bits per heavy atom. The van der Waals surface area contributed by atoms with Crippen LogP contribution in [0.15, 0.2) is 66.7 Å². The van der Waals surface area contributed by atoms with E-state index >= 15 is 0 Å². The standard InChI is InChI=1S/C23H19NO4/c1-26-19-10-9-16-11-18(8-7-17(16)12-19)21(14-24)27-22(25)13-20-23(28-20)15-5-3-2-4-6-15/h2-12,20-21,23H,13H2,1H3/t20-,21-,23+/m1/s1. The summed E-state index contributed by atoms with van der Waals surface area (Å²) >= 11 is 0. The second-order valence-corrected chi connectivity index (χ2v) is 6.68. The van der Waals surface area contributed by atoms with Crippen molar-refractivity contribution in [3.63, 3.8) is 0 Å². The average molecular weight is 373 g/mol. The van der Waals surface area contributed by atoms with E-state index in [-0.39, 0.29) is 18.6 Å². The lowest BCUT2D eigenvalue weighted by Crippen LogP contribution is -2.12. The number of carbonyl (C=O) groups is 1. The Balaban J connectivity index is 1.41. The van der Waals surface area contributed by atoms with Gasteiger partial charge in [-0.1, -0.05) is 48.5 Å². The zero-order valence-electron chi connectivity index (χ0n) is 15.4. The van der Waals surface area contributed by atoms with Gasteiger partial charge in [-0.15, -0.1) is 0 Å². The number of nitrogens with zero attached hydrogens (tertiary/aromatic N) is 1. The van der Waals surface area contributed by atoms with Gasteiger partial charge in [-0.2, -0.15) is 5.26 Å². The third-order valence-corrected chi connectivity index (χ3v) is 4.82. The van der Waals surface area contributed by atoms with Crippen LogP contribution in [0.3, 0.4) is 0 Å². The Bertz CT molecular complexity index is 1040. The fourth-order valence-corrected chi connectivity index (χ4v) is 3.28. The van der Waals surface area contributed by atoms with Gasteiger partial charge in [-0.05, 0) is 34.5 Å². The van der Waals surface area contributed by atoms with E-state index in [1.165, 1.54) is 0 Å². The van der Waals surface area contributed by atoms with E-state index in [0.29, 0.717) is 5.56 Å². The minimum Gasteiger partial charge on any atom is -0.497 e. The van der Waals surface area contributed by atoms with Gasteiger partial charge in [0.25, 0.3) is 0 Å². The van der Waals surface area contributed by atoms with Gasteiger partial charge in [-0.25, -0.2) is 0 Å². The summed E-state index contributed by atoms with van der Waals surface area (Å²) in [7, 11) is 1.62. The van der Waals surface area contributed by atoms with Gasteiger partial charge in [0.15, 0.2) is 0 Å². The van der Waals surface area contributed by atoms with Crippen LogP contribution in [-0.2, 0) is 14.3 Å². The van der Waals surface area contributed by atoms with Crippen molar-refractivity contribution < 1.29 is 19.0 Å². The summed E-state index contributed by atoms with van der Waals surface area (Å²) in [5.41, 5.74) is 1.69. The van der Waals surface area contributed by atoms with Crippen LogP contribution in [0.5, 0.6) is 5.75 Å². The number of hydrogen-bond acceptors (Lipinski definition) is 5. The summed E-state index contributed by atoms with van der Waals surface area (Å²) in [5.74, 6) is 0.325. The topological polar surface area (TPSA) is 71.8 Å². The van der Waals surface area contributed by atoms with Gasteiger partial charge < -0.3 is 14.2 Å². The summed E-state index contributed by atoms with van der Waals surface area (Å²) in [6.07, 6.45) is -1.10. The number of esters is 1. The van der Waals surface area contributed by atoms with Crippen LogP contribution in [0.4, 0.5) is 0 Å². The first-order valence-corrected chi connectivity index (χ1v) is 9.05. The molecule has 3 aromatic rings. The van der Waals surface area contributed by atoms with Crippen molar-refractivity contribution in [2.24, 2.45) is 0 Å². The van der Waals surface area contributed by atoms with Crippen molar-refractivity contribution in [3.05, 3.63) is 77.9 Å². The van der Waals surface area contributed by atoms with Crippen molar-refractivity contribution in [3.8, 4) is 11.8 Å². The number of methoxy groups -OCH3 is 1. The zero-order valence-corrected chi connectivity index (χ0v) is 15.4. The van der Waals surface area contributed by atoms with E-state index in [1.807, 2.05) is 60.7 Å². The van der Waals surface area contributed by atoms with Crippen LogP contribution < -0.4 is 4.74 Å². The third kappa shape index (κ3) is 3.83. The lowest BCUT2D eigenvalue weighted by Gasteiger charge is -2.12. The maximum atomic E-state index is 12.3. The van der Waals surface area contributed by atoms with Crippen LogP contribution in [0.25, 0.3) is 10.8 Å². The molecule has 0 N–H and O–H groups in total. The van der Waals surface area contributed by atoms with E-state index in [2.05, 4.69) is 6.07 Å². The van der Waals surface area contributed by atoms with E-state index in [9.17, 15) is 10.1 Å². The van der Waals surface area contributed by atoms with Crippen molar-refractivity contribution in [2.75, 3.05) is 7.11 Å². The Morgan fingerprint density at radius 2 is 1.86 bits per heavy atom. The highest BCUT2D eigenvalue weighted by Crippen LogP contribution is 2.41. The number of nitriles is 1. The molecule has 0 aliphatic carbocycles. The SMILES string of the molecule is COc1ccc2cc([C@@H](C#N)OC(=O)C[C@H]3O[C@H]3c3ccccc3)ccc2c1. The first-order valence-electron chi connectivity index (χ1n) is 9.05. The molecule has 0 unspecified atom stereocenters. The molecule has 0 bridgehead atoms. The lowest BCUT2D eigenvalue weighted by atomic mass is 10.0. The molecule has 4 rings (SSSR count). The first kappa shape index (κ1) is 18.0. The second-order valence-electron chi connectivity index (χ2n) is 6.68. The largest absolute Gasteiger partial charge is 0.497 e. The number of carbonyl (C=O) groups excluding carboxylic acids is 1. The molecule has 1 saturated heterocycles. The number of fused-ring (bicyclic) bond motifs is 1. The molecule has 0 saturated carbocycles. The molecule has 5 heteroatoms. The Hall–Kier alpha value is -3.36. The summed E-state index contributed by atoms with van der Waals surface area (Å²) in [6, 6.07) is 23.0. The number of ether oxygens (including phenoxy) is 3. The lowest BCUT2D eigenvalue weighted by molar-refractivity contribution is -0.147. The Morgan fingerprint density at radius 3 is 2.61 bits per heavy atom. The van der Waals surface area contributed by atoms with Crippen molar-refractivity contribution in [2.45, 2.75) is 24.7 Å². The molecular weight excluding hydrogens is 354 g/mol. The molecule has 0 spiro atoms. The van der Waals surface area contributed by atoms with E-state index in [1.54, 1.807) is 13.2 Å². The van der Waals surface area contributed by atoms with E-state index in [4.69, 9.17) is 14.2 Å². The number of benzene rings is 3. The highest BCUT2D eigenvalue weighted by Gasteiger charge is 2.42. The molecular formula is C23H19NO4. The highest BCUT2D eigenvalue weighted by molar-refractivity contribution is 5.84. The highest BCUT2D eigenvalue weighted by atomic mass is 16.6. The molecule has 1 aliphatic heterocycles. The molecule has 0 radical (unpaired) electrons. The normalized spacial score (nSPS) is 18.9. The Kier molecular flexibility index (Phi) is 4.96. The summed E-state index contributed by atoms with van der Waals surface area (Å²) in [4.78, 5) is 12.3. The fourth-order valence-electron chi connectivity index (χ4n) is 3.28. The van der Waals surface area contributed by atoms with Gasteiger partial charge in [-0.3, -0.25) is 4.79 Å². The van der Waals surface area contributed by atoms with Crippen LogP contribution in [0.1, 0.15) is 29.8 Å². The van der Waals surface area contributed by atoms with E-state index < -0.39 is 12.1 Å². The predicted molar refractivity (Wildman–Crippen MR) is 104 cm³/mol. The van der Waals surface area contributed by atoms with Gasteiger partial charge in [0.2, 0.25) is 6.10 Å². The first-order chi connectivity index (χ1) is 13.7. The molecule has 28 heavy (non-hydrogen) atoms. The van der Waals surface area contributed by atoms with Crippen LogP contribution in [0, 0.1) is 11.3 Å². The monoisotopic (exact) mass is 373 g/mol. The molecule has 140 valence electrons. The van der Waals surface area contributed by atoms with Gasteiger partial charge in [0.05, 0.1) is 19.6 Å². The molecule has 1 aliphatic rings. The van der Waals surface area contributed by atoms with Crippen LogP contribution in [0.2, 0.25) is 0 Å². The van der Waals surface area contributed by atoms with Crippen molar-refractivity contribution in [1.29, 1.82) is 5.26 Å². The van der Waals surface area contributed by atoms with Gasteiger partial charge in [0.1, 0.15) is 17.9 Å². The van der Waals surface area contributed by atoms with Crippen molar-refractivity contribution >= 4 is 16.7 Å². The summed E-state index contributed by atoms with van der Waals surface area (Å²) in [6.45, 7) is 0. The Labute approximate surface area is 163 Å². The van der Waals surface area contributed by atoms with E-state index in [0.717, 1.165) is 22.1 Å². The molecule has 1 heterocycles. The zero-order chi connectivity index (χ0) is 19.5. The van der Waals surface area contributed by atoms with Gasteiger partial charge >= 0.3 is 5.97 Å². The van der Waals surface area contributed by atoms with Crippen LogP contribution in [-0.4, -0.2) is 19.2 Å². The number of hydrogen-bond donors (Lipinski definition) is 0. The number of epoxide rings is 1. The predicted octanol–water partition coefficient (Wildman–Crippen LogP) is 4.49. The molecule has 5 nitrogen and oxygen atoms in total. The molecule has 0 amide bonds. The maximum absolute atomic E-state index is 12.3. The molecule has 3 aromatic carbocycles. The summed E-state index contributed by atoms with van der Waals surface area (Å²) in [5, 5.41) is 11.4.